The molecule has 1 atom stereocenters. The van der Waals surface area contributed by atoms with Crippen molar-refractivity contribution >= 4 is 28.1 Å². The Bertz CT molecular complexity index is 892. The summed E-state index contributed by atoms with van der Waals surface area (Å²) in [6.07, 6.45) is 3.27. The molecule has 0 aliphatic carbocycles. The number of nitrogens with one attached hydrogen (secondary N) is 1. The molecule has 3 rings (SSSR count). The predicted octanol–water partition coefficient (Wildman–Crippen LogP) is 2.06. The van der Waals surface area contributed by atoms with Crippen molar-refractivity contribution in [3.05, 3.63) is 64.0 Å². The van der Waals surface area contributed by atoms with Crippen LogP contribution in [0, 0.1) is 17.0 Å². The third-order valence-electron chi connectivity index (χ3n) is 4.30. The molecule has 2 aromatic rings. The SMILES string of the molecule is Cc1c([N+](=O)[O-])cccc1S(=O)(=O)N1CCNCC1c1cccnc1.Cl. The van der Waals surface area contributed by atoms with Gasteiger partial charge in [-0.3, -0.25) is 15.1 Å². The van der Waals surface area contributed by atoms with Gasteiger partial charge in [0.1, 0.15) is 0 Å². The van der Waals surface area contributed by atoms with E-state index in [1.165, 1.54) is 29.4 Å². The van der Waals surface area contributed by atoms with E-state index < -0.39 is 21.0 Å². The lowest BCUT2D eigenvalue weighted by Crippen LogP contribution is -2.48. The van der Waals surface area contributed by atoms with Crippen molar-refractivity contribution in [1.29, 1.82) is 0 Å². The Labute approximate surface area is 157 Å². The van der Waals surface area contributed by atoms with Gasteiger partial charge in [-0.15, -0.1) is 12.4 Å². The van der Waals surface area contributed by atoms with Crippen LogP contribution in [-0.4, -0.2) is 42.3 Å². The van der Waals surface area contributed by atoms with E-state index in [4.69, 9.17) is 0 Å². The Morgan fingerprint density at radius 1 is 1.31 bits per heavy atom. The number of halogens is 1. The molecule has 1 aliphatic heterocycles. The third kappa shape index (κ3) is 3.70. The highest BCUT2D eigenvalue weighted by Crippen LogP contribution is 2.32. The topological polar surface area (TPSA) is 105 Å². The minimum Gasteiger partial charge on any atom is -0.313 e. The summed E-state index contributed by atoms with van der Waals surface area (Å²) >= 11 is 0. The maximum Gasteiger partial charge on any atom is 0.273 e. The quantitative estimate of drug-likeness (QED) is 0.624. The van der Waals surface area contributed by atoms with E-state index in [-0.39, 0.29) is 35.1 Å². The van der Waals surface area contributed by atoms with Gasteiger partial charge >= 0.3 is 0 Å². The van der Waals surface area contributed by atoms with E-state index in [9.17, 15) is 18.5 Å². The van der Waals surface area contributed by atoms with Crippen LogP contribution >= 0.6 is 12.4 Å². The van der Waals surface area contributed by atoms with Gasteiger partial charge < -0.3 is 5.32 Å². The summed E-state index contributed by atoms with van der Waals surface area (Å²) in [5.41, 5.74) is 0.728. The maximum atomic E-state index is 13.2. The fraction of sp³-hybridized carbons (Fsp3) is 0.312. The van der Waals surface area contributed by atoms with Gasteiger partial charge in [-0.05, 0) is 24.6 Å². The molecule has 0 spiro atoms. The summed E-state index contributed by atoms with van der Waals surface area (Å²) in [5.74, 6) is 0. The smallest absolute Gasteiger partial charge is 0.273 e. The molecule has 8 nitrogen and oxygen atoms in total. The highest BCUT2D eigenvalue weighted by molar-refractivity contribution is 7.89. The first-order valence-corrected chi connectivity index (χ1v) is 9.23. The van der Waals surface area contributed by atoms with Gasteiger partial charge in [-0.2, -0.15) is 4.31 Å². The summed E-state index contributed by atoms with van der Waals surface area (Å²) in [6.45, 7) is 2.72. The zero-order chi connectivity index (χ0) is 18.0. The first-order valence-electron chi connectivity index (χ1n) is 7.79. The summed E-state index contributed by atoms with van der Waals surface area (Å²) in [4.78, 5) is 14.6. The third-order valence-corrected chi connectivity index (χ3v) is 6.35. The molecule has 1 N–H and O–H groups in total. The molecule has 2 heterocycles. The van der Waals surface area contributed by atoms with E-state index in [0.717, 1.165) is 5.56 Å². The number of sulfonamides is 1. The van der Waals surface area contributed by atoms with Crippen LogP contribution in [0.4, 0.5) is 5.69 Å². The first kappa shape index (κ1) is 20.2. The molecular weight excluding hydrogens is 380 g/mol. The minimum absolute atomic E-state index is 0. The molecule has 1 unspecified atom stereocenters. The lowest BCUT2D eigenvalue weighted by molar-refractivity contribution is -0.385. The Balaban J connectivity index is 0.00000243. The number of rotatable bonds is 4. The lowest BCUT2D eigenvalue weighted by atomic mass is 10.1. The standard InChI is InChI=1S/C16H18N4O4S.ClH/c1-12-14(20(21)22)5-2-6-16(12)25(23,24)19-9-8-18-11-15(19)13-4-3-7-17-10-13;/h2-7,10,15,18H,8-9,11H2,1H3;1H. The number of hydrogen-bond donors (Lipinski definition) is 1. The monoisotopic (exact) mass is 398 g/mol. The van der Waals surface area contributed by atoms with Gasteiger partial charge in [-0.1, -0.05) is 12.1 Å². The van der Waals surface area contributed by atoms with Crippen molar-refractivity contribution < 1.29 is 13.3 Å². The fourth-order valence-electron chi connectivity index (χ4n) is 3.04. The summed E-state index contributed by atoms with van der Waals surface area (Å²) in [6, 6.07) is 7.30. The second-order valence-electron chi connectivity index (χ2n) is 5.78. The molecular formula is C16H19ClN4O4S. The molecule has 1 saturated heterocycles. The van der Waals surface area contributed by atoms with Crippen molar-refractivity contribution in [2.24, 2.45) is 0 Å². The fourth-order valence-corrected chi connectivity index (χ4v) is 4.89. The molecule has 0 bridgehead atoms. The normalized spacial score (nSPS) is 18.1. The number of aromatic nitrogens is 1. The Hall–Kier alpha value is -2.07. The maximum absolute atomic E-state index is 13.2. The van der Waals surface area contributed by atoms with Gasteiger partial charge in [0, 0.05) is 43.7 Å². The van der Waals surface area contributed by atoms with Gasteiger partial charge in [0.15, 0.2) is 0 Å². The highest BCUT2D eigenvalue weighted by Gasteiger charge is 2.36. The van der Waals surface area contributed by atoms with Crippen LogP contribution in [0.3, 0.4) is 0 Å². The molecule has 1 fully saturated rings. The molecule has 0 radical (unpaired) electrons. The highest BCUT2D eigenvalue weighted by atomic mass is 35.5. The van der Waals surface area contributed by atoms with E-state index >= 15 is 0 Å². The Morgan fingerprint density at radius 2 is 2.08 bits per heavy atom. The number of nitro groups is 1. The van der Waals surface area contributed by atoms with Gasteiger partial charge in [0.2, 0.25) is 10.0 Å². The zero-order valence-corrected chi connectivity index (χ0v) is 15.7. The van der Waals surface area contributed by atoms with Crippen LogP contribution in [0.5, 0.6) is 0 Å². The number of hydrogen-bond acceptors (Lipinski definition) is 6. The van der Waals surface area contributed by atoms with E-state index in [0.29, 0.717) is 13.1 Å². The van der Waals surface area contributed by atoms with Crippen molar-refractivity contribution in [3.8, 4) is 0 Å². The molecule has 140 valence electrons. The van der Waals surface area contributed by atoms with Crippen molar-refractivity contribution in [1.82, 2.24) is 14.6 Å². The van der Waals surface area contributed by atoms with Crippen LogP contribution in [0.25, 0.3) is 0 Å². The molecule has 0 saturated carbocycles. The van der Waals surface area contributed by atoms with Crippen LogP contribution < -0.4 is 5.32 Å². The lowest BCUT2D eigenvalue weighted by Gasteiger charge is -2.35. The second-order valence-corrected chi connectivity index (χ2v) is 7.64. The molecule has 1 aliphatic rings. The van der Waals surface area contributed by atoms with Crippen LogP contribution in [0.15, 0.2) is 47.6 Å². The number of benzene rings is 1. The molecule has 10 heteroatoms. The molecule has 0 amide bonds. The van der Waals surface area contributed by atoms with Crippen LogP contribution in [-0.2, 0) is 10.0 Å². The second kappa shape index (κ2) is 8.09. The zero-order valence-electron chi connectivity index (χ0n) is 14.0. The number of piperazine rings is 1. The van der Waals surface area contributed by atoms with Gasteiger partial charge in [0.25, 0.3) is 5.69 Å². The number of nitro benzene ring substituents is 1. The number of pyridine rings is 1. The van der Waals surface area contributed by atoms with E-state index in [2.05, 4.69) is 10.3 Å². The average Bonchev–Trinajstić information content (AvgIpc) is 2.62. The Morgan fingerprint density at radius 3 is 2.73 bits per heavy atom. The largest absolute Gasteiger partial charge is 0.313 e. The molecule has 1 aromatic heterocycles. The van der Waals surface area contributed by atoms with E-state index in [1.807, 2.05) is 6.07 Å². The average molecular weight is 399 g/mol. The Kier molecular flexibility index (Phi) is 6.30. The summed E-state index contributed by atoms with van der Waals surface area (Å²) in [7, 11) is -3.88. The van der Waals surface area contributed by atoms with Crippen molar-refractivity contribution in [3.63, 3.8) is 0 Å². The molecule has 26 heavy (non-hydrogen) atoms. The van der Waals surface area contributed by atoms with Gasteiger partial charge in [0.05, 0.1) is 15.9 Å². The van der Waals surface area contributed by atoms with Crippen LogP contribution in [0.2, 0.25) is 0 Å². The minimum atomic E-state index is -3.88. The van der Waals surface area contributed by atoms with Crippen LogP contribution in [0.1, 0.15) is 17.2 Å². The predicted molar refractivity (Wildman–Crippen MR) is 98.8 cm³/mol. The summed E-state index contributed by atoms with van der Waals surface area (Å²) in [5, 5.41) is 14.3. The van der Waals surface area contributed by atoms with Gasteiger partial charge in [-0.25, -0.2) is 8.42 Å². The number of nitrogens with zero attached hydrogens (tertiary/aromatic N) is 3. The van der Waals surface area contributed by atoms with Crippen molar-refractivity contribution in [2.75, 3.05) is 19.6 Å². The van der Waals surface area contributed by atoms with E-state index in [1.54, 1.807) is 18.5 Å². The molecule has 1 aromatic carbocycles. The van der Waals surface area contributed by atoms with Crippen molar-refractivity contribution in [2.45, 2.75) is 17.9 Å². The first-order chi connectivity index (χ1) is 11.9. The summed E-state index contributed by atoms with van der Waals surface area (Å²) < 4.78 is 27.8.